The van der Waals surface area contributed by atoms with Gasteiger partial charge in [-0.2, -0.15) is 0 Å². The minimum Gasteiger partial charge on any atom is -0.462 e. The van der Waals surface area contributed by atoms with Gasteiger partial charge in [-0.1, -0.05) is 42.5 Å². The molecule has 5 heteroatoms. The highest BCUT2D eigenvalue weighted by molar-refractivity contribution is 7.09. The van der Waals surface area contributed by atoms with Crippen LogP contribution in [0.2, 0.25) is 0 Å². The van der Waals surface area contributed by atoms with Crippen LogP contribution in [0, 0.1) is 0 Å². The van der Waals surface area contributed by atoms with Gasteiger partial charge in [0.1, 0.15) is 5.60 Å². The van der Waals surface area contributed by atoms with E-state index in [2.05, 4.69) is 57.9 Å². The van der Waals surface area contributed by atoms with Crippen molar-refractivity contribution in [3.05, 3.63) is 64.1 Å². The lowest BCUT2D eigenvalue weighted by Crippen LogP contribution is -2.26. The highest BCUT2D eigenvalue weighted by Crippen LogP contribution is 2.28. The fourth-order valence-electron chi connectivity index (χ4n) is 3.61. The maximum atomic E-state index is 9.60. The number of hydrogen-bond acceptors (Lipinski definition) is 5. The third kappa shape index (κ3) is 6.64. The van der Waals surface area contributed by atoms with E-state index >= 15 is 0 Å². The summed E-state index contributed by atoms with van der Waals surface area (Å²) in [6, 6.07) is 15.3. The van der Waals surface area contributed by atoms with E-state index in [1.54, 1.807) is 0 Å². The molecule has 1 aromatic heterocycles. The molecular weight excluding hydrogens is 392 g/mol. The number of hydrogen-bond donors (Lipinski definition) is 1. The lowest BCUT2D eigenvalue weighted by atomic mass is 9.99. The summed E-state index contributed by atoms with van der Waals surface area (Å²) in [5, 5.41) is 9.76. The Morgan fingerprint density at radius 1 is 1.10 bits per heavy atom. The van der Waals surface area contributed by atoms with Crippen LogP contribution >= 0.6 is 11.3 Å². The molecule has 2 heterocycles. The zero-order valence-electron chi connectivity index (χ0n) is 18.2. The van der Waals surface area contributed by atoms with Gasteiger partial charge in [0.05, 0.1) is 10.7 Å². The highest BCUT2D eigenvalue weighted by Gasteiger charge is 2.18. The monoisotopic (exact) mass is 424 g/mol. The molecule has 0 bridgehead atoms. The summed E-state index contributed by atoms with van der Waals surface area (Å²) in [5.41, 5.74) is 2.37. The van der Waals surface area contributed by atoms with Crippen LogP contribution in [-0.2, 0) is 22.4 Å². The summed E-state index contributed by atoms with van der Waals surface area (Å²) in [6.07, 6.45) is 4.57. The number of aromatic nitrogens is 1. The molecule has 160 valence electrons. The highest BCUT2D eigenvalue weighted by atomic mass is 32.1. The molecule has 1 N–H and O–H groups in total. The van der Waals surface area contributed by atoms with E-state index < -0.39 is 0 Å². The second-order valence-corrected chi connectivity index (χ2v) is 9.56. The summed E-state index contributed by atoms with van der Waals surface area (Å²) in [5.74, 6) is 0.674. The minimum atomic E-state index is -0.318. The predicted molar refractivity (Wildman–Crippen MR) is 125 cm³/mol. The van der Waals surface area contributed by atoms with Crippen molar-refractivity contribution in [1.82, 2.24) is 10.3 Å². The number of aryl methyl sites for hydroxylation is 2. The summed E-state index contributed by atoms with van der Waals surface area (Å²) in [7, 11) is 0. The molecule has 1 fully saturated rings. The molecule has 0 saturated carbocycles. The number of rotatable bonds is 5. The van der Waals surface area contributed by atoms with Crippen molar-refractivity contribution in [3.63, 3.8) is 0 Å². The van der Waals surface area contributed by atoms with E-state index in [0.29, 0.717) is 12.4 Å². The first-order chi connectivity index (χ1) is 14.5. The van der Waals surface area contributed by atoms with Crippen LogP contribution in [0.15, 0.2) is 47.8 Å². The average molecular weight is 425 g/mol. The average Bonchev–Trinajstić information content (AvgIpc) is 3.22. The molecule has 0 aliphatic carbocycles. The van der Waals surface area contributed by atoms with Gasteiger partial charge in [-0.25, -0.2) is 4.98 Å². The Balaban J connectivity index is 0.000000318. The van der Waals surface area contributed by atoms with Gasteiger partial charge in [-0.15, -0.1) is 11.3 Å². The van der Waals surface area contributed by atoms with Crippen LogP contribution in [0.1, 0.15) is 55.8 Å². The fraction of sp³-hybridized carbons (Fsp3) is 0.440. The molecule has 1 aliphatic heterocycles. The Hall–Kier alpha value is -2.24. The lowest BCUT2D eigenvalue weighted by molar-refractivity contribution is -0.138. The summed E-state index contributed by atoms with van der Waals surface area (Å²) >= 11 is 1.86. The smallest absolute Gasteiger partial charge is 0.293 e. The number of benzene rings is 2. The molecule has 1 aliphatic rings. The third-order valence-electron chi connectivity index (χ3n) is 5.19. The number of thiazole rings is 1. The zero-order chi connectivity index (χ0) is 21.4. The van der Waals surface area contributed by atoms with Crippen molar-refractivity contribution in [2.45, 2.75) is 58.0 Å². The molecule has 0 radical (unpaired) electrons. The van der Waals surface area contributed by atoms with Crippen LogP contribution in [0.25, 0.3) is 10.8 Å². The van der Waals surface area contributed by atoms with Crippen molar-refractivity contribution in [2.24, 2.45) is 0 Å². The van der Waals surface area contributed by atoms with Gasteiger partial charge in [-0.05, 0) is 75.9 Å². The van der Waals surface area contributed by atoms with Gasteiger partial charge in [0.15, 0.2) is 0 Å². The van der Waals surface area contributed by atoms with Crippen LogP contribution < -0.4 is 5.32 Å². The van der Waals surface area contributed by atoms with E-state index in [1.807, 2.05) is 32.1 Å². The Bertz CT molecular complexity index is 934. The molecule has 4 rings (SSSR count). The van der Waals surface area contributed by atoms with Crippen molar-refractivity contribution >= 4 is 28.6 Å². The van der Waals surface area contributed by atoms with Gasteiger partial charge in [-0.3, -0.25) is 4.79 Å². The van der Waals surface area contributed by atoms with Crippen LogP contribution in [0.3, 0.4) is 0 Å². The topological polar surface area (TPSA) is 51.2 Å². The van der Waals surface area contributed by atoms with Gasteiger partial charge in [0.2, 0.25) is 0 Å². The van der Waals surface area contributed by atoms with Crippen molar-refractivity contribution in [2.75, 3.05) is 13.1 Å². The standard InChI is InChI=1S/C20H22N2S.C5H10O2/c1-2-7-19-15(4-1)5-3-6-16(19)8-9-18-14-23-20(22-18)17-10-12-21-13-11-17;1-5(2,3)7-4-6/h1-7,14,17,21H,8-13H2;4H,1-3H3. The SMILES string of the molecule is CC(C)(C)OC=O.c1ccc2c(CCc3csc(C4CCNCC4)n3)cccc2c1. The van der Waals surface area contributed by atoms with E-state index in [0.717, 1.165) is 25.9 Å². The van der Waals surface area contributed by atoms with Crippen LogP contribution in [0.4, 0.5) is 0 Å². The first-order valence-electron chi connectivity index (χ1n) is 10.7. The first-order valence-corrected chi connectivity index (χ1v) is 11.6. The lowest BCUT2D eigenvalue weighted by Gasteiger charge is -2.20. The van der Waals surface area contributed by atoms with Gasteiger partial charge < -0.3 is 10.1 Å². The minimum absolute atomic E-state index is 0.318. The molecule has 4 nitrogen and oxygen atoms in total. The van der Waals surface area contributed by atoms with E-state index in [-0.39, 0.29) is 5.60 Å². The first kappa shape index (κ1) is 22.4. The molecule has 0 spiro atoms. The second kappa shape index (κ2) is 10.7. The number of nitrogens with zero attached hydrogens (tertiary/aromatic N) is 1. The maximum Gasteiger partial charge on any atom is 0.293 e. The van der Waals surface area contributed by atoms with Crippen LogP contribution in [0.5, 0.6) is 0 Å². The van der Waals surface area contributed by atoms with E-state index in [4.69, 9.17) is 4.98 Å². The van der Waals surface area contributed by atoms with E-state index in [9.17, 15) is 4.79 Å². The zero-order valence-corrected chi connectivity index (χ0v) is 19.0. The van der Waals surface area contributed by atoms with Gasteiger partial charge in [0, 0.05) is 11.3 Å². The number of fused-ring (bicyclic) bond motifs is 1. The van der Waals surface area contributed by atoms with Gasteiger partial charge >= 0.3 is 0 Å². The maximum absolute atomic E-state index is 9.60. The number of ether oxygens (including phenoxy) is 1. The van der Waals surface area contributed by atoms with Gasteiger partial charge in [0.25, 0.3) is 6.47 Å². The Morgan fingerprint density at radius 2 is 1.83 bits per heavy atom. The van der Waals surface area contributed by atoms with E-state index in [1.165, 1.54) is 39.9 Å². The predicted octanol–water partition coefficient (Wildman–Crippen LogP) is 5.51. The normalized spacial score (nSPS) is 14.8. The molecule has 1 saturated heterocycles. The Kier molecular flexibility index (Phi) is 8.00. The number of piperidine rings is 1. The molecule has 2 aromatic carbocycles. The Morgan fingerprint density at radius 3 is 2.53 bits per heavy atom. The molecule has 3 aromatic rings. The summed E-state index contributed by atoms with van der Waals surface area (Å²) in [6.45, 7) is 8.19. The quantitative estimate of drug-likeness (QED) is 0.549. The molecule has 0 unspecified atom stereocenters. The number of carbonyl (C=O) groups is 1. The fourth-order valence-corrected chi connectivity index (χ4v) is 4.64. The molecule has 30 heavy (non-hydrogen) atoms. The molecular formula is C25H32N2O2S. The largest absolute Gasteiger partial charge is 0.462 e. The molecule has 0 atom stereocenters. The molecule has 0 amide bonds. The van der Waals surface area contributed by atoms with Crippen molar-refractivity contribution < 1.29 is 9.53 Å². The van der Waals surface area contributed by atoms with Crippen molar-refractivity contribution in [3.8, 4) is 0 Å². The number of carbonyl (C=O) groups excluding carboxylic acids is 1. The third-order valence-corrected chi connectivity index (χ3v) is 6.25. The summed E-state index contributed by atoms with van der Waals surface area (Å²) in [4.78, 5) is 14.5. The summed E-state index contributed by atoms with van der Waals surface area (Å²) < 4.78 is 4.55. The second-order valence-electron chi connectivity index (χ2n) is 8.67. The Labute approximate surface area is 183 Å². The number of nitrogens with one attached hydrogen (secondary N) is 1. The van der Waals surface area contributed by atoms with Crippen LogP contribution in [-0.4, -0.2) is 30.1 Å². The van der Waals surface area contributed by atoms with Crippen molar-refractivity contribution in [1.29, 1.82) is 0 Å².